The van der Waals surface area contributed by atoms with Gasteiger partial charge in [-0.25, -0.2) is 12.8 Å². The quantitative estimate of drug-likeness (QED) is 0.577. The second-order valence-corrected chi connectivity index (χ2v) is 6.67. The molecule has 0 spiro atoms. The van der Waals surface area contributed by atoms with Gasteiger partial charge in [0.1, 0.15) is 5.82 Å². The molecule has 1 aromatic heterocycles. The number of anilines is 1. The summed E-state index contributed by atoms with van der Waals surface area (Å²) in [4.78, 5) is 16.1. The van der Waals surface area contributed by atoms with Gasteiger partial charge in [-0.05, 0) is 42.5 Å². The molecule has 134 valence electrons. The fraction of sp³-hybridized carbons (Fsp3) is 0. The summed E-state index contributed by atoms with van der Waals surface area (Å²) in [6.07, 6.45) is 5.39. The van der Waals surface area contributed by atoms with Gasteiger partial charge in [-0.1, -0.05) is 19.2 Å². The molecule has 0 fully saturated rings. The van der Waals surface area contributed by atoms with Crippen LogP contribution in [0.3, 0.4) is 0 Å². The van der Waals surface area contributed by atoms with Crippen LogP contribution in [0.25, 0.3) is 0 Å². The predicted molar refractivity (Wildman–Crippen MR) is 97.0 cm³/mol. The summed E-state index contributed by atoms with van der Waals surface area (Å²) in [5.41, 5.74) is 0.396. The van der Waals surface area contributed by atoms with Crippen molar-refractivity contribution in [3.05, 3.63) is 91.2 Å². The maximum absolute atomic E-state index is 13.0. The minimum atomic E-state index is -4.03. The molecule has 2 aromatic rings. The number of hydrogen-bond donors (Lipinski definition) is 2. The summed E-state index contributed by atoms with van der Waals surface area (Å²) in [5.74, 6) is -1.14. The maximum Gasteiger partial charge on any atom is 0.261 e. The lowest BCUT2D eigenvalue weighted by Gasteiger charge is -2.13. The Morgan fingerprint density at radius 3 is 2.19 bits per heavy atom. The van der Waals surface area contributed by atoms with Crippen molar-refractivity contribution >= 4 is 21.6 Å². The van der Waals surface area contributed by atoms with Gasteiger partial charge < -0.3 is 5.32 Å². The fourth-order valence-corrected chi connectivity index (χ4v) is 3.08. The monoisotopic (exact) mass is 373 g/mol. The number of allylic oxidation sites excluding steroid dienone is 1. The number of carbonyl (C=O) groups excluding carboxylic acids is 1. The van der Waals surface area contributed by atoms with E-state index < -0.39 is 21.7 Å². The van der Waals surface area contributed by atoms with Crippen molar-refractivity contribution in [1.82, 2.24) is 9.71 Å². The Hall–Kier alpha value is -3.26. The van der Waals surface area contributed by atoms with Crippen LogP contribution in [0.1, 0.15) is 0 Å². The van der Waals surface area contributed by atoms with Gasteiger partial charge in [0.2, 0.25) is 0 Å². The van der Waals surface area contributed by atoms with Gasteiger partial charge in [0, 0.05) is 18.1 Å². The van der Waals surface area contributed by atoms with Gasteiger partial charge in [-0.2, -0.15) is 0 Å². The molecule has 0 unspecified atom stereocenters. The number of nitrogens with one attached hydrogen (secondary N) is 2. The van der Waals surface area contributed by atoms with Crippen molar-refractivity contribution in [3.8, 4) is 0 Å². The number of aromatic nitrogens is 1. The van der Waals surface area contributed by atoms with E-state index in [0.29, 0.717) is 5.69 Å². The van der Waals surface area contributed by atoms with Crippen LogP contribution in [0, 0.1) is 5.82 Å². The van der Waals surface area contributed by atoms with Crippen molar-refractivity contribution in [2.75, 3.05) is 5.32 Å². The molecule has 0 saturated carbocycles. The first-order chi connectivity index (χ1) is 12.4. The molecule has 0 saturated heterocycles. The first-order valence-corrected chi connectivity index (χ1v) is 8.84. The minimum Gasteiger partial charge on any atom is -0.322 e. The first-order valence-electron chi connectivity index (χ1n) is 7.36. The average molecular weight is 373 g/mol. The Morgan fingerprint density at radius 2 is 1.65 bits per heavy atom. The van der Waals surface area contributed by atoms with E-state index in [1.807, 2.05) is 0 Å². The Kier molecular flexibility index (Phi) is 6.03. The molecule has 6 nitrogen and oxygen atoms in total. The second kappa shape index (κ2) is 8.21. The van der Waals surface area contributed by atoms with Crippen LogP contribution in [0.2, 0.25) is 0 Å². The van der Waals surface area contributed by atoms with Crippen molar-refractivity contribution in [2.45, 2.75) is 4.90 Å². The predicted octanol–water partition coefficient (Wildman–Crippen LogP) is 2.76. The third-order valence-electron chi connectivity index (χ3n) is 3.25. The highest BCUT2D eigenvalue weighted by atomic mass is 32.2. The van der Waals surface area contributed by atoms with E-state index in [2.05, 4.69) is 28.2 Å². The van der Waals surface area contributed by atoms with Crippen molar-refractivity contribution in [3.63, 3.8) is 0 Å². The van der Waals surface area contributed by atoms with E-state index in [4.69, 9.17) is 0 Å². The number of nitrogens with zero attached hydrogens (tertiary/aromatic N) is 1. The first kappa shape index (κ1) is 19.1. The van der Waals surface area contributed by atoms with Gasteiger partial charge >= 0.3 is 0 Å². The van der Waals surface area contributed by atoms with E-state index >= 15 is 0 Å². The van der Waals surface area contributed by atoms with Gasteiger partial charge in [-0.15, -0.1) is 0 Å². The van der Waals surface area contributed by atoms with Crippen LogP contribution in [-0.4, -0.2) is 19.3 Å². The highest BCUT2D eigenvalue weighted by Gasteiger charge is 2.19. The molecule has 0 aliphatic rings. The third kappa shape index (κ3) is 4.64. The van der Waals surface area contributed by atoms with Crippen LogP contribution < -0.4 is 10.0 Å². The molecule has 1 aromatic carbocycles. The molecule has 0 aliphatic heterocycles. The molecular formula is C18H16FN3O3S. The van der Waals surface area contributed by atoms with Gasteiger partial charge in [0.05, 0.1) is 16.2 Å². The topological polar surface area (TPSA) is 88.2 Å². The van der Waals surface area contributed by atoms with Crippen LogP contribution in [-0.2, 0) is 14.8 Å². The molecule has 2 rings (SSSR count). The van der Waals surface area contributed by atoms with Gasteiger partial charge in [0.25, 0.3) is 15.9 Å². The van der Waals surface area contributed by atoms with E-state index in [1.54, 1.807) is 12.1 Å². The lowest BCUT2D eigenvalue weighted by atomic mass is 10.2. The standard InChI is InChI=1S/C18H16FN3O3S/c1-3-16(18(23)21-14-9-11-20-12-10-14)17(4-2)22-26(24,25)15-7-5-13(19)6-8-15/h3-12,22H,1-2H2,(H,20,21,23)/b17-16-. The van der Waals surface area contributed by atoms with Gasteiger partial charge in [0.15, 0.2) is 0 Å². The highest BCUT2D eigenvalue weighted by Crippen LogP contribution is 2.15. The lowest BCUT2D eigenvalue weighted by Crippen LogP contribution is -2.26. The van der Waals surface area contributed by atoms with E-state index in [0.717, 1.165) is 24.3 Å². The molecule has 1 heterocycles. The second-order valence-electron chi connectivity index (χ2n) is 4.99. The summed E-state index contributed by atoms with van der Waals surface area (Å²) in [6.45, 7) is 7.07. The van der Waals surface area contributed by atoms with Crippen LogP contribution in [0.5, 0.6) is 0 Å². The number of rotatable bonds is 7. The van der Waals surface area contributed by atoms with Crippen LogP contribution in [0.15, 0.2) is 90.3 Å². The average Bonchev–Trinajstić information content (AvgIpc) is 2.62. The molecule has 0 atom stereocenters. The smallest absolute Gasteiger partial charge is 0.261 e. The number of hydrogen-bond acceptors (Lipinski definition) is 4. The zero-order chi connectivity index (χ0) is 19.2. The highest BCUT2D eigenvalue weighted by molar-refractivity contribution is 7.89. The zero-order valence-electron chi connectivity index (χ0n) is 13.6. The number of benzene rings is 1. The van der Waals surface area contributed by atoms with Gasteiger partial charge in [-0.3, -0.25) is 14.5 Å². The Labute approximate surface area is 150 Å². The molecule has 1 amide bonds. The molecule has 2 N–H and O–H groups in total. The van der Waals surface area contributed by atoms with E-state index in [-0.39, 0.29) is 16.2 Å². The summed E-state index contributed by atoms with van der Waals surface area (Å²) in [7, 11) is -4.03. The number of carbonyl (C=O) groups is 1. The molecule has 0 bridgehead atoms. The van der Waals surface area contributed by atoms with Crippen molar-refractivity contribution in [2.24, 2.45) is 0 Å². The minimum absolute atomic E-state index is 0.0255. The molecular weight excluding hydrogens is 357 g/mol. The van der Waals surface area contributed by atoms with E-state index in [9.17, 15) is 17.6 Å². The summed E-state index contributed by atoms with van der Waals surface area (Å²) >= 11 is 0. The molecule has 26 heavy (non-hydrogen) atoms. The summed E-state index contributed by atoms with van der Waals surface area (Å²) in [6, 6.07) is 7.43. The summed E-state index contributed by atoms with van der Waals surface area (Å²) in [5, 5.41) is 2.60. The SMILES string of the molecule is C=C/C(NS(=O)(=O)c1ccc(F)cc1)=C(\C=C)C(=O)Nc1ccncc1. The number of halogens is 1. The van der Waals surface area contributed by atoms with Crippen molar-refractivity contribution < 1.29 is 17.6 Å². The maximum atomic E-state index is 13.0. The lowest BCUT2D eigenvalue weighted by molar-refractivity contribution is -0.112. The van der Waals surface area contributed by atoms with Crippen LogP contribution in [0.4, 0.5) is 10.1 Å². The summed E-state index contributed by atoms with van der Waals surface area (Å²) < 4.78 is 40.1. The Morgan fingerprint density at radius 1 is 1.04 bits per heavy atom. The molecule has 8 heteroatoms. The number of sulfonamides is 1. The number of amides is 1. The van der Waals surface area contributed by atoms with Crippen molar-refractivity contribution in [1.29, 1.82) is 0 Å². The number of pyridine rings is 1. The Bertz CT molecular complexity index is 953. The molecule has 0 radical (unpaired) electrons. The molecule has 0 aliphatic carbocycles. The van der Waals surface area contributed by atoms with E-state index in [1.165, 1.54) is 24.5 Å². The normalized spacial score (nSPS) is 11.9. The fourth-order valence-electron chi connectivity index (χ4n) is 1.98. The largest absolute Gasteiger partial charge is 0.322 e. The third-order valence-corrected chi connectivity index (χ3v) is 4.63. The van der Waals surface area contributed by atoms with Crippen LogP contribution >= 0.6 is 0 Å². The Balaban J connectivity index is 2.32. The zero-order valence-corrected chi connectivity index (χ0v) is 14.5.